The van der Waals surface area contributed by atoms with E-state index >= 15 is 0 Å². The highest BCUT2D eigenvalue weighted by molar-refractivity contribution is 7.89. The predicted molar refractivity (Wildman–Crippen MR) is 65.6 cm³/mol. The Morgan fingerprint density at radius 2 is 2.24 bits per heavy atom. The molecule has 6 heteroatoms. The van der Waals surface area contributed by atoms with Gasteiger partial charge in [-0.1, -0.05) is 17.7 Å². The standard InChI is InChI=1S/C11H14ClNO3S/c1-9-8-13(5-6-16-9)17(14,15)11-4-2-3-10(12)7-11/h2-4,7,9H,5-6,8H2,1H3/t9-/m1/s1. The van der Waals surface area contributed by atoms with E-state index in [2.05, 4.69) is 0 Å². The molecule has 1 aromatic rings. The Balaban J connectivity index is 2.29. The number of nitrogens with zero attached hydrogens (tertiary/aromatic N) is 1. The number of halogens is 1. The fraction of sp³-hybridized carbons (Fsp3) is 0.455. The van der Waals surface area contributed by atoms with Crippen molar-refractivity contribution in [3.05, 3.63) is 29.3 Å². The molecule has 2 rings (SSSR count). The summed E-state index contributed by atoms with van der Waals surface area (Å²) in [4.78, 5) is 0.235. The number of rotatable bonds is 2. The highest BCUT2D eigenvalue weighted by Gasteiger charge is 2.29. The van der Waals surface area contributed by atoms with E-state index in [-0.39, 0.29) is 11.0 Å². The molecule has 0 unspecified atom stereocenters. The third-order valence-electron chi connectivity index (χ3n) is 2.64. The lowest BCUT2D eigenvalue weighted by Gasteiger charge is -2.30. The average Bonchev–Trinajstić information content (AvgIpc) is 2.29. The van der Waals surface area contributed by atoms with Crippen LogP contribution in [0.1, 0.15) is 6.92 Å². The molecule has 94 valence electrons. The van der Waals surface area contributed by atoms with Gasteiger partial charge in [-0.25, -0.2) is 8.42 Å². The smallest absolute Gasteiger partial charge is 0.243 e. The van der Waals surface area contributed by atoms with E-state index in [9.17, 15) is 8.42 Å². The zero-order chi connectivity index (χ0) is 12.5. The van der Waals surface area contributed by atoms with E-state index in [1.165, 1.54) is 10.4 Å². The molecule has 0 aromatic heterocycles. The lowest BCUT2D eigenvalue weighted by atomic mass is 10.3. The van der Waals surface area contributed by atoms with Crippen LogP contribution >= 0.6 is 11.6 Å². The first-order valence-electron chi connectivity index (χ1n) is 5.37. The number of sulfonamides is 1. The topological polar surface area (TPSA) is 46.6 Å². The summed E-state index contributed by atoms with van der Waals surface area (Å²) in [5.41, 5.74) is 0. The van der Waals surface area contributed by atoms with Crippen molar-refractivity contribution < 1.29 is 13.2 Å². The second kappa shape index (κ2) is 4.94. The maximum Gasteiger partial charge on any atom is 0.243 e. The Labute approximate surface area is 106 Å². The van der Waals surface area contributed by atoms with E-state index in [0.717, 1.165) is 0 Å². The van der Waals surface area contributed by atoms with Crippen LogP contribution in [0.25, 0.3) is 0 Å². The second-order valence-corrected chi connectivity index (χ2v) is 6.38. The van der Waals surface area contributed by atoms with Gasteiger partial charge in [-0.15, -0.1) is 0 Å². The molecule has 0 spiro atoms. The van der Waals surface area contributed by atoms with Crippen LogP contribution in [-0.2, 0) is 14.8 Å². The van der Waals surface area contributed by atoms with Gasteiger partial charge in [0.1, 0.15) is 0 Å². The maximum atomic E-state index is 12.3. The summed E-state index contributed by atoms with van der Waals surface area (Å²) in [5.74, 6) is 0. The normalized spacial score (nSPS) is 22.6. The highest BCUT2D eigenvalue weighted by Crippen LogP contribution is 2.21. The minimum atomic E-state index is -3.45. The van der Waals surface area contributed by atoms with Gasteiger partial charge in [0.25, 0.3) is 0 Å². The summed E-state index contributed by atoms with van der Waals surface area (Å²) in [7, 11) is -3.45. The van der Waals surface area contributed by atoms with Gasteiger partial charge in [-0.05, 0) is 25.1 Å². The number of morpholine rings is 1. The number of benzene rings is 1. The van der Waals surface area contributed by atoms with Gasteiger partial charge >= 0.3 is 0 Å². The summed E-state index contributed by atoms with van der Waals surface area (Å²) in [6.45, 7) is 3.06. The van der Waals surface area contributed by atoms with Gasteiger partial charge in [0, 0.05) is 18.1 Å². The Hall–Kier alpha value is -0.620. The van der Waals surface area contributed by atoms with Crippen molar-refractivity contribution in [1.82, 2.24) is 4.31 Å². The van der Waals surface area contributed by atoms with Crippen molar-refractivity contribution in [2.45, 2.75) is 17.9 Å². The van der Waals surface area contributed by atoms with Gasteiger partial charge in [0.15, 0.2) is 0 Å². The first-order valence-corrected chi connectivity index (χ1v) is 7.19. The molecule has 4 nitrogen and oxygen atoms in total. The van der Waals surface area contributed by atoms with Crippen LogP contribution in [0.3, 0.4) is 0 Å². The molecule has 1 heterocycles. The third-order valence-corrected chi connectivity index (χ3v) is 4.73. The largest absolute Gasteiger partial charge is 0.376 e. The SMILES string of the molecule is C[C@@H]1CN(S(=O)(=O)c2cccc(Cl)c2)CCO1. The number of hydrogen-bond donors (Lipinski definition) is 0. The van der Waals surface area contributed by atoms with E-state index in [1.54, 1.807) is 18.2 Å². The van der Waals surface area contributed by atoms with Crippen LogP contribution in [0, 0.1) is 0 Å². The summed E-state index contributed by atoms with van der Waals surface area (Å²) in [5, 5.41) is 0.424. The van der Waals surface area contributed by atoms with Gasteiger partial charge in [-0.3, -0.25) is 0 Å². The van der Waals surface area contributed by atoms with Crippen molar-refractivity contribution in [3.8, 4) is 0 Å². The molecule has 1 aliphatic rings. The molecular formula is C11H14ClNO3S. The average molecular weight is 276 g/mol. The van der Waals surface area contributed by atoms with E-state index in [1.807, 2.05) is 6.92 Å². The fourth-order valence-corrected chi connectivity index (χ4v) is 3.58. The van der Waals surface area contributed by atoms with Crippen molar-refractivity contribution >= 4 is 21.6 Å². The molecule has 0 saturated carbocycles. The third kappa shape index (κ3) is 2.80. The van der Waals surface area contributed by atoms with E-state index in [0.29, 0.717) is 24.7 Å². The van der Waals surface area contributed by atoms with Crippen LogP contribution in [0.2, 0.25) is 5.02 Å². The lowest BCUT2D eigenvalue weighted by molar-refractivity contribution is 0.0102. The van der Waals surface area contributed by atoms with Crippen molar-refractivity contribution in [3.63, 3.8) is 0 Å². The molecular weight excluding hydrogens is 262 g/mol. The first-order chi connectivity index (χ1) is 8.00. The molecule has 1 aliphatic heterocycles. The zero-order valence-electron chi connectivity index (χ0n) is 9.47. The maximum absolute atomic E-state index is 12.3. The monoisotopic (exact) mass is 275 g/mol. The molecule has 0 bridgehead atoms. The number of hydrogen-bond acceptors (Lipinski definition) is 3. The Kier molecular flexibility index (Phi) is 3.73. The van der Waals surface area contributed by atoms with Crippen LogP contribution in [0.15, 0.2) is 29.2 Å². The summed E-state index contributed by atoms with van der Waals surface area (Å²) >= 11 is 5.81. The van der Waals surface area contributed by atoms with E-state index < -0.39 is 10.0 Å². The Morgan fingerprint density at radius 1 is 1.47 bits per heavy atom. The van der Waals surface area contributed by atoms with Crippen LogP contribution in [0.4, 0.5) is 0 Å². The fourth-order valence-electron chi connectivity index (χ4n) is 1.78. The molecule has 0 aliphatic carbocycles. The van der Waals surface area contributed by atoms with Gasteiger partial charge in [-0.2, -0.15) is 4.31 Å². The van der Waals surface area contributed by atoms with Crippen LogP contribution < -0.4 is 0 Å². The second-order valence-electron chi connectivity index (χ2n) is 4.00. The minimum absolute atomic E-state index is 0.0716. The first kappa shape index (κ1) is 12.8. The molecule has 0 N–H and O–H groups in total. The molecule has 1 fully saturated rings. The molecule has 0 radical (unpaired) electrons. The van der Waals surface area contributed by atoms with Gasteiger partial charge < -0.3 is 4.74 Å². The van der Waals surface area contributed by atoms with Crippen molar-refractivity contribution in [2.24, 2.45) is 0 Å². The van der Waals surface area contributed by atoms with E-state index in [4.69, 9.17) is 16.3 Å². The predicted octanol–water partition coefficient (Wildman–Crippen LogP) is 1.75. The van der Waals surface area contributed by atoms with Crippen molar-refractivity contribution in [1.29, 1.82) is 0 Å². The molecule has 1 saturated heterocycles. The quantitative estimate of drug-likeness (QED) is 0.826. The summed E-state index contributed by atoms with van der Waals surface area (Å²) in [6, 6.07) is 6.32. The molecule has 17 heavy (non-hydrogen) atoms. The molecule has 1 aromatic carbocycles. The van der Waals surface area contributed by atoms with Gasteiger partial charge in [0.2, 0.25) is 10.0 Å². The Morgan fingerprint density at radius 3 is 2.88 bits per heavy atom. The van der Waals surface area contributed by atoms with Crippen LogP contribution in [-0.4, -0.2) is 38.5 Å². The molecule has 0 amide bonds. The minimum Gasteiger partial charge on any atom is -0.376 e. The van der Waals surface area contributed by atoms with Crippen molar-refractivity contribution in [2.75, 3.05) is 19.7 Å². The number of ether oxygens (including phenoxy) is 1. The summed E-state index contributed by atoms with van der Waals surface area (Å²) in [6.07, 6.45) is -0.0716. The Bertz CT molecular complexity index is 503. The highest BCUT2D eigenvalue weighted by atomic mass is 35.5. The molecule has 1 atom stereocenters. The zero-order valence-corrected chi connectivity index (χ0v) is 11.0. The van der Waals surface area contributed by atoms with Gasteiger partial charge in [0.05, 0.1) is 17.6 Å². The lowest BCUT2D eigenvalue weighted by Crippen LogP contribution is -2.44. The summed E-state index contributed by atoms with van der Waals surface area (Å²) < 4.78 is 31.4. The van der Waals surface area contributed by atoms with Crippen LogP contribution in [0.5, 0.6) is 0 Å².